The van der Waals surface area contributed by atoms with Crippen LogP contribution in [0.15, 0.2) is 5.16 Å². The van der Waals surface area contributed by atoms with Gasteiger partial charge in [0.25, 0.3) is 0 Å². The van der Waals surface area contributed by atoms with Crippen molar-refractivity contribution < 1.29 is 23.9 Å². The van der Waals surface area contributed by atoms with E-state index in [1.807, 2.05) is 20.8 Å². The van der Waals surface area contributed by atoms with Crippen LogP contribution in [0.5, 0.6) is 0 Å². The molecule has 0 radical (unpaired) electrons. The molecule has 1 fully saturated rings. The van der Waals surface area contributed by atoms with E-state index in [1.54, 1.807) is 11.8 Å². The van der Waals surface area contributed by atoms with Gasteiger partial charge in [-0.2, -0.15) is 0 Å². The van der Waals surface area contributed by atoms with Crippen LogP contribution in [0.3, 0.4) is 0 Å². The predicted octanol–water partition coefficient (Wildman–Crippen LogP) is 1.56. The van der Waals surface area contributed by atoms with Gasteiger partial charge in [0.1, 0.15) is 11.7 Å². The summed E-state index contributed by atoms with van der Waals surface area (Å²) in [4.78, 5) is 30.8. The van der Waals surface area contributed by atoms with Gasteiger partial charge in [-0.15, -0.1) is 0 Å². The number of carbonyl (C=O) groups is 2. The van der Waals surface area contributed by atoms with Crippen molar-refractivity contribution in [2.24, 2.45) is 11.1 Å². The number of piperidine rings is 1. The summed E-state index contributed by atoms with van der Waals surface area (Å²) in [5.74, 6) is -0.721. The van der Waals surface area contributed by atoms with Crippen LogP contribution < -0.4 is 0 Å². The molecule has 7 heteroatoms. The smallest absolute Gasteiger partial charge is 0.410 e. The van der Waals surface area contributed by atoms with Gasteiger partial charge in [-0.3, -0.25) is 0 Å². The van der Waals surface area contributed by atoms with E-state index in [9.17, 15) is 9.59 Å². The maximum absolute atomic E-state index is 12.1. The number of hydrogen-bond acceptors (Lipinski definition) is 6. The average Bonchev–Trinajstić information content (AvgIpc) is 2.79. The van der Waals surface area contributed by atoms with Gasteiger partial charge in [0.2, 0.25) is 0 Å². The highest BCUT2D eigenvalue weighted by molar-refractivity contribution is 6.37. The van der Waals surface area contributed by atoms with E-state index < -0.39 is 11.6 Å². The largest absolute Gasteiger partial charge is 0.461 e. The van der Waals surface area contributed by atoms with Gasteiger partial charge >= 0.3 is 12.1 Å². The third-order valence-corrected chi connectivity index (χ3v) is 3.32. The van der Waals surface area contributed by atoms with Crippen molar-refractivity contribution in [3.8, 4) is 0 Å². The molecule has 2 rings (SSSR count). The van der Waals surface area contributed by atoms with Gasteiger partial charge in [-0.1, -0.05) is 5.16 Å². The SMILES string of the molecule is CCOC(=O)C1=NO[C@H]2CCN(C(=O)OC(C)(C)C)C[C@@H]12. The number of oxime groups is 1. The van der Waals surface area contributed by atoms with Crippen LogP contribution >= 0.6 is 0 Å². The van der Waals surface area contributed by atoms with Crippen molar-refractivity contribution in [1.82, 2.24) is 4.90 Å². The minimum Gasteiger partial charge on any atom is -0.461 e. The van der Waals surface area contributed by atoms with E-state index >= 15 is 0 Å². The van der Waals surface area contributed by atoms with Gasteiger partial charge in [-0.25, -0.2) is 9.59 Å². The fraction of sp³-hybridized carbons (Fsp3) is 0.786. The van der Waals surface area contributed by atoms with E-state index in [2.05, 4.69) is 5.16 Å². The topological polar surface area (TPSA) is 77.4 Å². The summed E-state index contributed by atoms with van der Waals surface area (Å²) < 4.78 is 10.3. The molecule has 0 aromatic heterocycles. The first-order valence-corrected chi connectivity index (χ1v) is 7.20. The van der Waals surface area contributed by atoms with Crippen molar-refractivity contribution in [1.29, 1.82) is 0 Å². The van der Waals surface area contributed by atoms with E-state index in [0.29, 0.717) is 19.5 Å². The summed E-state index contributed by atoms with van der Waals surface area (Å²) in [6.07, 6.45) is 0.0789. The summed E-state index contributed by atoms with van der Waals surface area (Å²) in [6, 6.07) is 0. The lowest BCUT2D eigenvalue weighted by atomic mass is 9.91. The number of amides is 1. The molecule has 1 amide bonds. The lowest BCUT2D eigenvalue weighted by molar-refractivity contribution is -0.135. The molecular formula is C14H22N2O5. The summed E-state index contributed by atoms with van der Waals surface area (Å²) in [6.45, 7) is 8.37. The first-order valence-electron chi connectivity index (χ1n) is 7.20. The quantitative estimate of drug-likeness (QED) is 0.723. The second kappa shape index (κ2) is 5.91. The Kier molecular flexibility index (Phi) is 4.39. The zero-order chi connectivity index (χ0) is 15.6. The Hall–Kier alpha value is -1.79. The lowest BCUT2D eigenvalue weighted by Crippen LogP contribution is -2.49. The second-order valence-corrected chi connectivity index (χ2v) is 6.16. The molecule has 0 aliphatic carbocycles. The predicted molar refractivity (Wildman–Crippen MR) is 74.9 cm³/mol. The second-order valence-electron chi connectivity index (χ2n) is 6.16. The monoisotopic (exact) mass is 298 g/mol. The number of rotatable bonds is 2. The van der Waals surface area contributed by atoms with Crippen LogP contribution in [0.4, 0.5) is 4.79 Å². The van der Waals surface area contributed by atoms with Crippen molar-refractivity contribution in [2.75, 3.05) is 19.7 Å². The Labute approximate surface area is 124 Å². The normalized spacial score (nSPS) is 24.8. The molecule has 7 nitrogen and oxygen atoms in total. The lowest BCUT2D eigenvalue weighted by Gasteiger charge is -2.34. The molecule has 0 aromatic carbocycles. The van der Waals surface area contributed by atoms with E-state index in [4.69, 9.17) is 14.3 Å². The maximum Gasteiger partial charge on any atom is 0.410 e. The number of ether oxygens (including phenoxy) is 2. The number of carbonyl (C=O) groups excluding carboxylic acids is 2. The molecule has 0 N–H and O–H groups in total. The number of esters is 1. The van der Waals surface area contributed by atoms with E-state index in [1.165, 1.54) is 0 Å². The van der Waals surface area contributed by atoms with Gasteiger partial charge in [-0.05, 0) is 27.7 Å². The zero-order valence-corrected chi connectivity index (χ0v) is 12.9. The highest BCUT2D eigenvalue weighted by Crippen LogP contribution is 2.28. The summed E-state index contributed by atoms with van der Waals surface area (Å²) >= 11 is 0. The number of nitrogens with zero attached hydrogens (tertiary/aromatic N) is 2. The minimum atomic E-state index is -0.543. The summed E-state index contributed by atoms with van der Waals surface area (Å²) in [5, 5.41) is 3.83. The molecule has 0 aromatic rings. The first kappa shape index (κ1) is 15.6. The highest BCUT2D eigenvalue weighted by Gasteiger charge is 2.44. The Bertz CT molecular complexity index is 455. The van der Waals surface area contributed by atoms with Crippen LogP contribution in [-0.4, -0.2) is 54.1 Å². The van der Waals surface area contributed by atoms with Crippen molar-refractivity contribution in [3.63, 3.8) is 0 Å². The Morgan fingerprint density at radius 3 is 2.76 bits per heavy atom. The molecule has 0 saturated carbocycles. The zero-order valence-electron chi connectivity index (χ0n) is 12.9. The molecule has 2 heterocycles. The molecular weight excluding hydrogens is 276 g/mol. The number of hydrogen-bond donors (Lipinski definition) is 0. The first-order chi connectivity index (χ1) is 9.81. The van der Waals surface area contributed by atoms with Crippen molar-refractivity contribution in [3.05, 3.63) is 0 Å². The van der Waals surface area contributed by atoms with E-state index in [-0.39, 0.29) is 30.4 Å². The Morgan fingerprint density at radius 1 is 1.43 bits per heavy atom. The van der Waals surface area contributed by atoms with Gasteiger partial charge < -0.3 is 19.2 Å². The van der Waals surface area contributed by atoms with Crippen LogP contribution in [0.1, 0.15) is 34.1 Å². The van der Waals surface area contributed by atoms with Gasteiger partial charge in [0.05, 0.1) is 12.5 Å². The van der Waals surface area contributed by atoms with Gasteiger partial charge in [0.15, 0.2) is 5.71 Å². The molecule has 0 unspecified atom stereocenters. The molecule has 2 aliphatic rings. The van der Waals surface area contributed by atoms with Crippen molar-refractivity contribution in [2.45, 2.75) is 45.8 Å². The van der Waals surface area contributed by atoms with Gasteiger partial charge in [0, 0.05) is 19.5 Å². The Balaban J connectivity index is 2.01. The number of likely N-dealkylation sites (tertiary alicyclic amines) is 1. The molecule has 2 atom stereocenters. The molecule has 0 bridgehead atoms. The fourth-order valence-electron chi connectivity index (χ4n) is 2.40. The van der Waals surface area contributed by atoms with Crippen LogP contribution in [0, 0.1) is 5.92 Å². The molecule has 2 aliphatic heterocycles. The van der Waals surface area contributed by atoms with Crippen LogP contribution in [-0.2, 0) is 19.1 Å². The summed E-state index contributed by atoms with van der Waals surface area (Å²) in [5.41, 5.74) is -0.284. The maximum atomic E-state index is 12.1. The average molecular weight is 298 g/mol. The van der Waals surface area contributed by atoms with Crippen molar-refractivity contribution >= 4 is 17.8 Å². The van der Waals surface area contributed by atoms with Crippen LogP contribution in [0.2, 0.25) is 0 Å². The number of fused-ring (bicyclic) bond motifs is 1. The van der Waals surface area contributed by atoms with Crippen LogP contribution in [0.25, 0.3) is 0 Å². The fourth-order valence-corrected chi connectivity index (χ4v) is 2.40. The third kappa shape index (κ3) is 3.65. The standard InChI is InChI=1S/C14H22N2O5/c1-5-19-12(17)11-9-8-16(7-6-10(9)21-15-11)13(18)20-14(2,3)4/h9-10H,5-8H2,1-4H3/t9-,10+/m1/s1. The molecule has 21 heavy (non-hydrogen) atoms. The minimum absolute atomic E-state index is 0.164. The molecule has 0 spiro atoms. The Morgan fingerprint density at radius 2 is 2.14 bits per heavy atom. The molecule has 1 saturated heterocycles. The highest BCUT2D eigenvalue weighted by atomic mass is 16.6. The molecule has 118 valence electrons. The summed E-state index contributed by atoms with van der Waals surface area (Å²) in [7, 11) is 0. The third-order valence-electron chi connectivity index (χ3n) is 3.32. The van der Waals surface area contributed by atoms with E-state index in [0.717, 1.165) is 0 Å².